The Labute approximate surface area is 258 Å². The highest BCUT2D eigenvalue weighted by atomic mass is 16.6. The highest BCUT2D eigenvalue weighted by molar-refractivity contribution is 6.06. The number of hydrogen-bond acceptors (Lipinski definition) is 7. The van der Waals surface area contributed by atoms with Crippen molar-refractivity contribution in [1.29, 1.82) is 0 Å². The maximum absolute atomic E-state index is 12.9. The molecule has 1 saturated carbocycles. The van der Waals surface area contributed by atoms with Crippen LogP contribution in [0.3, 0.4) is 0 Å². The predicted molar refractivity (Wildman–Crippen MR) is 169 cm³/mol. The topological polar surface area (TPSA) is 157 Å². The number of aromatic nitrogens is 1. The van der Waals surface area contributed by atoms with E-state index in [1.807, 2.05) is 0 Å². The number of carbonyl (C=O) groups excluding carboxylic acids is 3. The molecule has 3 aromatic carbocycles. The third-order valence-corrected chi connectivity index (χ3v) is 8.05. The van der Waals surface area contributed by atoms with E-state index in [1.54, 1.807) is 48.5 Å². The smallest absolute Gasteiger partial charge is 0.360 e. The lowest BCUT2D eigenvalue weighted by Crippen LogP contribution is -2.34. The molecule has 0 atom stereocenters. The van der Waals surface area contributed by atoms with Gasteiger partial charge in [0.15, 0.2) is 5.76 Å². The molecule has 1 aliphatic carbocycles. The zero-order valence-corrected chi connectivity index (χ0v) is 24.5. The number of aromatic amines is 1. The van der Waals surface area contributed by atoms with Crippen molar-refractivity contribution in [1.82, 2.24) is 10.3 Å². The summed E-state index contributed by atoms with van der Waals surface area (Å²) in [6, 6.07) is 18.9. The first kappa shape index (κ1) is 29.6. The maximum atomic E-state index is 12.9. The van der Waals surface area contributed by atoms with Gasteiger partial charge in [-0.1, -0.05) is 38.5 Å². The number of H-pyrrole nitrogens is 1. The van der Waals surface area contributed by atoms with Gasteiger partial charge in [-0.05, 0) is 73.5 Å². The number of nitrogens with zero attached hydrogens (tertiary/aromatic N) is 1. The van der Waals surface area contributed by atoms with Gasteiger partial charge >= 0.3 is 5.97 Å². The summed E-state index contributed by atoms with van der Waals surface area (Å²) in [7, 11) is 0. The number of nitro groups is 1. The van der Waals surface area contributed by atoms with E-state index in [0.29, 0.717) is 38.9 Å². The van der Waals surface area contributed by atoms with Gasteiger partial charge < -0.3 is 24.8 Å². The number of rotatable bonds is 7. The summed E-state index contributed by atoms with van der Waals surface area (Å²) in [4.78, 5) is 52.1. The molecule has 3 N–H and O–H groups in total. The van der Waals surface area contributed by atoms with E-state index in [1.165, 1.54) is 49.9 Å². The van der Waals surface area contributed by atoms with Crippen LogP contribution in [-0.4, -0.2) is 33.7 Å². The average Bonchev–Trinajstić information content (AvgIpc) is 3.68. The fourth-order valence-electron chi connectivity index (χ4n) is 5.65. The number of amides is 2. The Kier molecular flexibility index (Phi) is 8.58. The van der Waals surface area contributed by atoms with Gasteiger partial charge in [0.25, 0.3) is 17.5 Å². The first-order valence-electron chi connectivity index (χ1n) is 15.1. The summed E-state index contributed by atoms with van der Waals surface area (Å²) in [5, 5.41) is 18.0. The number of nitro benzene ring substituents is 1. The van der Waals surface area contributed by atoms with E-state index < -0.39 is 16.8 Å². The normalized spacial score (nSPS) is 14.3. The summed E-state index contributed by atoms with van der Waals surface area (Å²) < 4.78 is 11.1. The van der Waals surface area contributed by atoms with Crippen molar-refractivity contribution in [3.63, 3.8) is 0 Å². The molecule has 1 fully saturated rings. The lowest BCUT2D eigenvalue weighted by Gasteiger charge is -2.18. The van der Waals surface area contributed by atoms with E-state index in [0.717, 1.165) is 25.7 Å². The second-order valence-electron chi connectivity index (χ2n) is 11.3. The van der Waals surface area contributed by atoms with Crippen LogP contribution in [0.2, 0.25) is 0 Å². The number of ether oxygens (including phenoxy) is 1. The molecule has 0 aliphatic heterocycles. The monoisotopic (exact) mass is 608 g/mol. The number of furan rings is 1. The molecule has 11 nitrogen and oxygen atoms in total. The van der Waals surface area contributed by atoms with Gasteiger partial charge in [0.1, 0.15) is 17.0 Å². The quantitative estimate of drug-likeness (QED) is 0.0746. The molecular weight excluding hydrogens is 576 g/mol. The number of carbonyl (C=O) groups is 3. The molecule has 0 unspecified atom stereocenters. The molecule has 5 aromatic rings. The number of benzene rings is 3. The third kappa shape index (κ3) is 7.04. The number of nitrogens with one attached hydrogen (secondary N) is 3. The summed E-state index contributed by atoms with van der Waals surface area (Å²) in [6.45, 7) is 0. The first-order valence-corrected chi connectivity index (χ1v) is 15.1. The molecule has 6 rings (SSSR count). The molecule has 2 aromatic heterocycles. The van der Waals surface area contributed by atoms with Crippen LogP contribution in [0, 0.1) is 10.1 Å². The summed E-state index contributed by atoms with van der Waals surface area (Å²) in [6.07, 6.45) is 9.20. The van der Waals surface area contributed by atoms with Crippen molar-refractivity contribution in [2.45, 2.75) is 57.4 Å². The molecule has 230 valence electrons. The lowest BCUT2D eigenvalue weighted by atomic mass is 10.0. The van der Waals surface area contributed by atoms with Gasteiger partial charge in [0.2, 0.25) is 0 Å². The summed E-state index contributed by atoms with van der Waals surface area (Å²) >= 11 is 0. The van der Waals surface area contributed by atoms with Gasteiger partial charge in [0, 0.05) is 45.7 Å². The Balaban J connectivity index is 1.07. The van der Waals surface area contributed by atoms with Crippen molar-refractivity contribution in [2.75, 3.05) is 5.32 Å². The van der Waals surface area contributed by atoms with Crippen molar-refractivity contribution < 1.29 is 28.5 Å². The van der Waals surface area contributed by atoms with Gasteiger partial charge in [-0.3, -0.25) is 19.7 Å². The summed E-state index contributed by atoms with van der Waals surface area (Å²) in [5.41, 5.74) is 2.11. The van der Waals surface area contributed by atoms with Crippen molar-refractivity contribution >= 4 is 51.0 Å². The number of anilines is 1. The van der Waals surface area contributed by atoms with E-state index in [9.17, 15) is 24.5 Å². The van der Waals surface area contributed by atoms with Crippen molar-refractivity contribution in [3.8, 4) is 5.75 Å². The van der Waals surface area contributed by atoms with Gasteiger partial charge in [-0.15, -0.1) is 0 Å². The molecule has 0 saturated heterocycles. The standard InChI is InChI=1S/C34H32N4O7/c39-32(35-24-7-5-3-1-2-4-6-8-24)21-9-13-27(14-10-21)44-34(41)29-19-22-17-25(11-15-28(22)37-29)36-33(40)31-20-23-18-26(38(42)43)12-16-30(23)45-31/h9-20,24,37H,1-8H2,(H,35,39)(H,36,40). The second-order valence-corrected chi connectivity index (χ2v) is 11.3. The van der Waals surface area contributed by atoms with Crippen LogP contribution in [0.4, 0.5) is 11.4 Å². The molecule has 45 heavy (non-hydrogen) atoms. The van der Waals surface area contributed by atoms with E-state index in [2.05, 4.69) is 15.6 Å². The highest BCUT2D eigenvalue weighted by Crippen LogP contribution is 2.26. The van der Waals surface area contributed by atoms with Crippen molar-refractivity contribution in [3.05, 3.63) is 99.9 Å². The maximum Gasteiger partial charge on any atom is 0.360 e. The molecule has 11 heteroatoms. The lowest BCUT2D eigenvalue weighted by molar-refractivity contribution is -0.384. The average molecular weight is 609 g/mol. The molecule has 0 radical (unpaired) electrons. The third-order valence-electron chi connectivity index (χ3n) is 8.05. The fraction of sp³-hybridized carbons (Fsp3) is 0.265. The molecule has 1 aliphatic rings. The van der Waals surface area contributed by atoms with Crippen LogP contribution in [0.25, 0.3) is 21.9 Å². The minimum absolute atomic E-state index is 0.00248. The zero-order chi connectivity index (χ0) is 31.3. The fourth-order valence-corrected chi connectivity index (χ4v) is 5.65. The van der Waals surface area contributed by atoms with E-state index in [4.69, 9.17) is 9.15 Å². The Hall–Kier alpha value is -5.45. The number of hydrogen-bond donors (Lipinski definition) is 3. The Morgan fingerprint density at radius 2 is 1.56 bits per heavy atom. The number of fused-ring (bicyclic) bond motifs is 2. The zero-order valence-electron chi connectivity index (χ0n) is 24.5. The Morgan fingerprint density at radius 1 is 0.822 bits per heavy atom. The van der Waals surface area contributed by atoms with Crippen LogP contribution < -0.4 is 15.4 Å². The second kappa shape index (κ2) is 13.0. The summed E-state index contributed by atoms with van der Waals surface area (Å²) in [5.74, 6) is -0.944. The van der Waals surface area contributed by atoms with Crippen LogP contribution in [0.15, 0.2) is 77.2 Å². The minimum atomic E-state index is -0.601. The van der Waals surface area contributed by atoms with Gasteiger partial charge in [0.05, 0.1) is 4.92 Å². The molecule has 0 bridgehead atoms. The molecule has 0 spiro atoms. The SMILES string of the molecule is O=C(NC1CCCCCCCC1)c1ccc(OC(=O)c2cc3cc(NC(=O)c4cc5cc([N+](=O)[O-])ccc5o4)ccc3[nH]2)cc1. The van der Waals surface area contributed by atoms with Crippen LogP contribution in [0.1, 0.15) is 82.8 Å². The predicted octanol–water partition coefficient (Wildman–Crippen LogP) is 7.53. The van der Waals surface area contributed by atoms with E-state index >= 15 is 0 Å². The molecule has 2 heterocycles. The number of esters is 1. The van der Waals surface area contributed by atoms with Gasteiger partial charge in [-0.25, -0.2) is 4.79 Å². The largest absolute Gasteiger partial charge is 0.451 e. The first-order chi connectivity index (χ1) is 21.8. The molecular formula is C34H32N4O7. The van der Waals surface area contributed by atoms with Crippen LogP contribution in [-0.2, 0) is 0 Å². The highest BCUT2D eigenvalue weighted by Gasteiger charge is 2.18. The van der Waals surface area contributed by atoms with Crippen LogP contribution >= 0.6 is 0 Å². The Bertz CT molecular complexity index is 1880. The Morgan fingerprint density at radius 3 is 2.29 bits per heavy atom. The molecule has 2 amide bonds. The number of non-ortho nitro benzene ring substituents is 1. The van der Waals surface area contributed by atoms with E-state index in [-0.39, 0.29) is 29.1 Å². The van der Waals surface area contributed by atoms with Gasteiger partial charge in [-0.2, -0.15) is 0 Å². The van der Waals surface area contributed by atoms with Crippen LogP contribution in [0.5, 0.6) is 5.75 Å². The van der Waals surface area contributed by atoms with Crippen molar-refractivity contribution in [2.24, 2.45) is 0 Å². The minimum Gasteiger partial charge on any atom is -0.451 e.